The summed E-state index contributed by atoms with van der Waals surface area (Å²) in [7, 11) is 1.58. The predicted molar refractivity (Wildman–Crippen MR) is 162 cm³/mol. The summed E-state index contributed by atoms with van der Waals surface area (Å²) in [6, 6.07) is 26.9. The van der Waals surface area contributed by atoms with Crippen LogP contribution in [0.3, 0.4) is 0 Å². The highest BCUT2D eigenvalue weighted by atomic mass is 32.1. The van der Waals surface area contributed by atoms with Crippen LogP contribution in [0, 0.1) is 0 Å². The van der Waals surface area contributed by atoms with E-state index in [0.29, 0.717) is 12.8 Å². The highest BCUT2D eigenvalue weighted by molar-refractivity contribution is 7.80. The van der Waals surface area contributed by atoms with E-state index in [-0.39, 0.29) is 10.9 Å². The van der Waals surface area contributed by atoms with Gasteiger partial charge in [0.1, 0.15) is 11.6 Å². The molecule has 4 aromatic carbocycles. The molecule has 3 N–H and O–H groups in total. The van der Waals surface area contributed by atoms with Crippen LogP contribution < -0.4 is 11.1 Å². The van der Waals surface area contributed by atoms with Crippen LogP contribution in [0.1, 0.15) is 31.9 Å². The molecule has 2 atom stereocenters. The van der Waals surface area contributed by atoms with Gasteiger partial charge < -0.3 is 15.8 Å². The van der Waals surface area contributed by atoms with E-state index >= 15 is 0 Å². The van der Waals surface area contributed by atoms with Crippen LogP contribution in [0.2, 0.25) is 0 Å². The first kappa shape index (κ1) is 28.0. The zero-order chi connectivity index (χ0) is 28.2. The van der Waals surface area contributed by atoms with Crippen LogP contribution in [0.5, 0.6) is 0 Å². The number of carbonyl (C=O) groups is 2. The Morgan fingerprint density at radius 3 is 1.82 bits per heavy atom. The highest BCUT2D eigenvalue weighted by Crippen LogP contribution is 2.20. The summed E-state index contributed by atoms with van der Waals surface area (Å²) in [5.41, 5.74) is 7.31. The lowest BCUT2D eigenvalue weighted by molar-refractivity contribution is -0.126. The summed E-state index contributed by atoms with van der Waals surface area (Å²) >= 11 is 5.35. The zero-order valence-corrected chi connectivity index (χ0v) is 23.6. The Morgan fingerprint density at radius 1 is 0.846 bits per heavy atom. The molecule has 0 fully saturated rings. The molecule has 0 aromatic heterocycles. The van der Waals surface area contributed by atoms with Gasteiger partial charge in [0.05, 0.1) is 11.0 Å². The number of rotatable bonds is 8. The number of nitrogens with one attached hydrogen (secondary N) is 1. The van der Waals surface area contributed by atoms with Gasteiger partial charge in [-0.05, 0) is 59.9 Å². The summed E-state index contributed by atoms with van der Waals surface area (Å²) in [5.74, 6) is -0.352. The third-order valence-electron chi connectivity index (χ3n) is 6.61. The smallest absolute Gasteiger partial charge is 0.410 e. The van der Waals surface area contributed by atoms with Crippen molar-refractivity contribution in [2.24, 2.45) is 5.73 Å². The summed E-state index contributed by atoms with van der Waals surface area (Å²) < 4.78 is 5.58. The average molecular weight is 542 g/mol. The number of fused-ring (bicyclic) bond motifs is 2. The topological polar surface area (TPSA) is 84.7 Å². The second kappa shape index (κ2) is 11.8. The molecule has 0 bridgehead atoms. The number of hydrogen-bond acceptors (Lipinski definition) is 4. The van der Waals surface area contributed by atoms with E-state index in [9.17, 15) is 9.59 Å². The average Bonchev–Trinajstić information content (AvgIpc) is 2.89. The van der Waals surface area contributed by atoms with Gasteiger partial charge >= 0.3 is 6.09 Å². The zero-order valence-electron chi connectivity index (χ0n) is 22.8. The lowest BCUT2D eigenvalue weighted by Crippen LogP contribution is -2.55. The predicted octanol–water partition coefficient (Wildman–Crippen LogP) is 5.78. The van der Waals surface area contributed by atoms with Crippen LogP contribution in [-0.4, -0.2) is 46.6 Å². The monoisotopic (exact) mass is 541 g/mol. The molecule has 7 heteroatoms. The normalized spacial score (nSPS) is 13.0. The quantitative estimate of drug-likeness (QED) is 0.276. The lowest BCUT2D eigenvalue weighted by Gasteiger charge is -2.31. The molecule has 0 aliphatic rings. The third kappa shape index (κ3) is 7.33. The van der Waals surface area contributed by atoms with E-state index in [1.165, 1.54) is 4.90 Å². The SMILES string of the molecule is CN(C(=O)OC(C)(C)C)[C@H](Cc1ccc2ccccc2c1)C(=O)N[C@H](Cc1ccc2ccccc2c1)C(N)=S. The number of nitrogens with zero attached hydrogens (tertiary/aromatic N) is 1. The maximum absolute atomic E-state index is 13.8. The fourth-order valence-electron chi connectivity index (χ4n) is 4.55. The van der Waals surface area contributed by atoms with Crippen molar-refractivity contribution in [2.45, 2.75) is 51.3 Å². The van der Waals surface area contributed by atoms with E-state index in [4.69, 9.17) is 22.7 Å². The van der Waals surface area contributed by atoms with Crippen molar-refractivity contribution in [3.05, 3.63) is 96.1 Å². The van der Waals surface area contributed by atoms with Crippen LogP contribution >= 0.6 is 12.2 Å². The van der Waals surface area contributed by atoms with Crippen LogP contribution in [0.4, 0.5) is 4.79 Å². The first-order chi connectivity index (χ1) is 18.5. The van der Waals surface area contributed by atoms with Gasteiger partial charge in [0, 0.05) is 13.5 Å². The molecule has 0 unspecified atom stereocenters. The Labute approximate surface area is 235 Å². The molecule has 0 saturated heterocycles. The Morgan fingerprint density at radius 2 is 1.33 bits per heavy atom. The highest BCUT2D eigenvalue weighted by Gasteiger charge is 2.32. The Bertz CT molecular complexity index is 1510. The van der Waals surface area contributed by atoms with Crippen molar-refractivity contribution in [1.29, 1.82) is 0 Å². The second-order valence-electron chi connectivity index (χ2n) is 10.8. The number of benzene rings is 4. The fourth-order valence-corrected chi connectivity index (χ4v) is 4.69. The van der Waals surface area contributed by atoms with Gasteiger partial charge in [0.2, 0.25) is 5.91 Å². The van der Waals surface area contributed by atoms with E-state index < -0.39 is 23.8 Å². The number of nitrogens with two attached hydrogens (primary N) is 1. The number of ether oxygens (including phenoxy) is 1. The molecule has 0 aliphatic heterocycles. The van der Waals surface area contributed by atoms with Crippen molar-refractivity contribution < 1.29 is 14.3 Å². The molecule has 0 heterocycles. The molecule has 39 heavy (non-hydrogen) atoms. The summed E-state index contributed by atoms with van der Waals surface area (Å²) in [4.78, 5) is 28.3. The number of thiocarbonyl (C=S) groups is 1. The molecule has 0 radical (unpaired) electrons. The number of amides is 2. The minimum Gasteiger partial charge on any atom is -0.444 e. The van der Waals surface area contributed by atoms with Crippen LogP contribution in [0.25, 0.3) is 21.5 Å². The van der Waals surface area contributed by atoms with Crippen molar-refractivity contribution in [3.63, 3.8) is 0 Å². The number of carbonyl (C=O) groups excluding carboxylic acids is 2. The van der Waals surface area contributed by atoms with Gasteiger partial charge in [0.25, 0.3) is 0 Å². The van der Waals surface area contributed by atoms with E-state index in [1.807, 2.05) is 72.8 Å². The number of hydrogen-bond donors (Lipinski definition) is 2. The minimum absolute atomic E-state index is 0.181. The lowest BCUT2D eigenvalue weighted by atomic mass is 9.99. The van der Waals surface area contributed by atoms with Gasteiger partial charge in [-0.3, -0.25) is 9.69 Å². The first-order valence-electron chi connectivity index (χ1n) is 13.0. The van der Waals surface area contributed by atoms with Crippen molar-refractivity contribution in [1.82, 2.24) is 10.2 Å². The van der Waals surface area contributed by atoms with E-state index in [1.54, 1.807) is 27.8 Å². The van der Waals surface area contributed by atoms with Gasteiger partial charge in [-0.25, -0.2) is 4.79 Å². The molecular weight excluding hydrogens is 506 g/mol. The van der Waals surface area contributed by atoms with Gasteiger partial charge in [-0.1, -0.05) is 97.1 Å². The van der Waals surface area contributed by atoms with E-state index in [2.05, 4.69) is 17.4 Å². The molecule has 6 nitrogen and oxygen atoms in total. The van der Waals surface area contributed by atoms with Crippen molar-refractivity contribution in [2.75, 3.05) is 7.05 Å². The first-order valence-corrected chi connectivity index (χ1v) is 13.4. The van der Waals surface area contributed by atoms with Crippen molar-refractivity contribution in [3.8, 4) is 0 Å². The molecule has 4 rings (SSSR count). The molecule has 0 saturated carbocycles. The molecule has 202 valence electrons. The van der Waals surface area contributed by atoms with Gasteiger partial charge in [-0.15, -0.1) is 0 Å². The fraction of sp³-hybridized carbons (Fsp3) is 0.281. The van der Waals surface area contributed by atoms with Crippen LogP contribution in [-0.2, 0) is 22.4 Å². The standard InChI is InChI=1S/C32H35N3O3S/c1-32(2,3)38-31(37)35(4)28(20-22-14-16-24-10-6-8-12-26(24)18-22)30(36)34-27(29(33)39)19-21-13-15-23-9-5-7-11-25(23)17-21/h5-18,27-28H,19-20H2,1-4H3,(H2,33,39)(H,34,36)/t27-,28-/m1/s1. The molecular formula is C32H35N3O3S. The van der Waals surface area contributed by atoms with E-state index in [0.717, 1.165) is 32.7 Å². The molecule has 0 spiro atoms. The summed E-state index contributed by atoms with van der Waals surface area (Å²) in [6.07, 6.45) is 0.154. The Kier molecular flexibility index (Phi) is 8.51. The van der Waals surface area contributed by atoms with Crippen LogP contribution in [0.15, 0.2) is 84.9 Å². The third-order valence-corrected chi connectivity index (χ3v) is 6.89. The summed E-state index contributed by atoms with van der Waals surface area (Å²) in [6.45, 7) is 5.39. The minimum atomic E-state index is -0.838. The summed E-state index contributed by atoms with van der Waals surface area (Å²) in [5, 5.41) is 7.41. The molecule has 0 aliphatic carbocycles. The second-order valence-corrected chi connectivity index (χ2v) is 11.3. The Hall–Kier alpha value is -3.97. The maximum Gasteiger partial charge on any atom is 0.410 e. The van der Waals surface area contributed by atoms with Crippen molar-refractivity contribution >= 4 is 50.8 Å². The van der Waals surface area contributed by atoms with Gasteiger partial charge in [-0.2, -0.15) is 0 Å². The Balaban J connectivity index is 1.59. The molecule has 2 amide bonds. The maximum atomic E-state index is 13.8. The van der Waals surface area contributed by atoms with Gasteiger partial charge in [0.15, 0.2) is 0 Å². The number of likely N-dealkylation sites (N-methyl/N-ethyl adjacent to an activating group) is 1. The largest absolute Gasteiger partial charge is 0.444 e. The molecule has 4 aromatic rings.